The minimum Gasteiger partial charge on any atom is -0.354 e. The SMILES string of the molecule is Cc1cc([C@@H](N)c2ccccc2)cnc1N1CCNCC1. The van der Waals surface area contributed by atoms with Crippen molar-refractivity contribution >= 4 is 5.82 Å². The Kier molecular flexibility index (Phi) is 4.18. The Balaban J connectivity index is 1.83. The second kappa shape index (κ2) is 6.24. The summed E-state index contributed by atoms with van der Waals surface area (Å²) < 4.78 is 0. The maximum Gasteiger partial charge on any atom is 0.131 e. The lowest BCUT2D eigenvalue weighted by Crippen LogP contribution is -2.44. The molecule has 0 spiro atoms. The highest BCUT2D eigenvalue weighted by Gasteiger charge is 2.16. The molecule has 1 fully saturated rings. The average Bonchev–Trinajstić information content (AvgIpc) is 2.55. The number of nitrogens with zero attached hydrogens (tertiary/aromatic N) is 2. The highest BCUT2D eigenvalue weighted by Crippen LogP contribution is 2.24. The van der Waals surface area contributed by atoms with Gasteiger partial charge in [0.25, 0.3) is 0 Å². The number of rotatable bonds is 3. The number of anilines is 1. The third-order valence-corrected chi connectivity index (χ3v) is 4.01. The van der Waals surface area contributed by atoms with Crippen LogP contribution in [0.25, 0.3) is 0 Å². The fourth-order valence-electron chi connectivity index (χ4n) is 2.82. The molecule has 0 amide bonds. The normalized spacial score (nSPS) is 16.8. The van der Waals surface area contributed by atoms with Crippen LogP contribution in [0.3, 0.4) is 0 Å². The molecule has 3 N–H and O–H groups in total. The van der Waals surface area contributed by atoms with Gasteiger partial charge in [0, 0.05) is 32.4 Å². The lowest BCUT2D eigenvalue weighted by molar-refractivity contribution is 0.583. The van der Waals surface area contributed by atoms with Crippen molar-refractivity contribution in [2.45, 2.75) is 13.0 Å². The standard InChI is InChI=1S/C17H22N4/c1-13-11-15(16(18)14-5-3-2-4-6-14)12-20-17(13)21-9-7-19-8-10-21/h2-6,11-12,16,19H,7-10,18H2,1H3/t16-/m0/s1. The summed E-state index contributed by atoms with van der Waals surface area (Å²) in [6.45, 7) is 6.18. The molecule has 1 aliphatic rings. The Morgan fingerprint density at radius 1 is 1.14 bits per heavy atom. The summed E-state index contributed by atoms with van der Waals surface area (Å²) in [6.07, 6.45) is 1.92. The summed E-state index contributed by atoms with van der Waals surface area (Å²) in [6, 6.07) is 12.2. The Hall–Kier alpha value is -1.91. The third kappa shape index (κ3) is 3.06. The summed E-state index contributed by atoms with van der Waals surface area (Å²) in [7, 11) is 0. The van der Waals surface area contributed by atoms with Crippen LogP contribution in [0.1, 0.15) is 22.7 Å². The molecule has 3 rings (SSSR count). The quantitative estimate of drug-likeness (QED) is 0.902. The van der Waals surface area contributed by atoms with Crippen LogP contribution < -0.4 is 16.0 Å². The Morgan fingerprint density at radius 2 is 1.86 bits per heavy atom. The number of nitrogens with one attached hydrogen (secondary N) is 1. The number of hydrogen-bond acceptors (Lipinski definition) is 4. The third-order valence-electron chi connectivity index (χ3n) is 4.01. The van der Waals surface area contributed by atoms with Crippen molar-refractivity contribution in [2.24, 2.45) is 5.73 Å². The molecule has 1 atom stereocenters. The molecule has 1 aliphatic heterocycles. The topological polar surface area (TPSA) is 54.2 Å². The van der Waals surface area contributed by atoms with Gasteiger partial charge in [0.15, 0.2) is 0 Å². The molecule has 0 saturated carbocycles. The van der Waals surface area contributed by atoms with Crippen LogP contribution in [-0.4, -0.2) is 31.2 Å². The summed E-state index contributed by atoms with van der Waals surface area (Å²) in [4.78, 5) is 7.00. The number of aromatic nitrogens is 1. The van der Waals surface area contributed by atoms with E-state index in [0.717, 1.165) is 43.1 Å². The number of nitrogens with two attached hydrogens (primary N) is 1. The van der Waals surface area contributed by atoms with Crippen molar-refractivity contribution in [3.05, 3.63) is 59.3 Å². The van der Waals surface area contributed by atoms with Gasteiger partial charge in [-0.15, -0.1) is 0 Å². The Labute approximate surface area is 126 Å². The van der Waals surface area contributed by atoms with E-state index in [4.69, 9.17) is 5.73 Å². The summed E-state index contributed by atoms with van der Waals surface area (Å²) in [5.41, 5.74) is 9.73. The van der Waals surface area contributed by atoms with E-state index in [0.29, 0.717) is 0 Å². The van der Waals surface area contributed by atoms with Crippen molar-refractivity contribution < 1.29 is 0 Å². The second-order valence-corrected chi connectivity index (χ2v) is 5.53. The van der Waals surface area contributed by atoms with Crippen LogP contribution in [0, 0.1) is 6.92 Å². The number of pyridine rings is 1. The molecule has 1 aromatic heterocycles. The van der Waals surface area contributed by atoms with Crippen molar-refractivity contribution in [2.75, 3.05) is 31.1 Å². The molecule has 2 heterocycles. The van der Waals surface area contributed by atoms with E-state index in [-0.39, 0.29) is 6.04 Å². The van der Waals surface area contributed by atoms with Gasteiger partial charge in [0.2, 0.25) is 0 Å². The maximum absolute atomic E-state index is 6.35. The molecule has 1 saturated heterocycles. The molecule has 0 bridgehead atoms. The molecule has 21 heavy (non-hydrogen) atoms. The van der Waals surface area contributed by atoms with Gasteiger partial charge in [-0.3, -0.25) is 0 Å². The van der Waals surface area contributed by atoms with Crippen molar-refractivity contribution in [3.8, 4) is 0 Å². The smallest absolute Gasteiger partial charge is 0.131 e. The summed E-state index contributed by atoms with van der Waals surface area (Å²) >= 11 is 0. The van der Waals surface area contributed by atoms with E-state index in [1.807, 2.05) is 24.4 Å². The zero-order chi connectivity index (χ0) is 14.7. The van der Waals surface area contributed by atoms with Gasteiger partial charge in [-0.1, -0.05) is 30.3 Å². The van der Waals surface area contributed by atoms with Crippen LogP contribution in [-0.2, 0) is 0 Å². The van der Waals surface area contributed by atoms with Gasteiger partial charge >= 0.3 is 0 Å². The highest BCUT2D eigenvalue weighted by atomic mass is 15.2. The summed E-state index contributed by atoms with van der Waals surface area (Å²) in [5.74, 6) is 1.08. The fourth-order valence-corrected chi connectivity index (χ4v) is 2.82. The molecule has 4 nitrogen and oxygen atoms in total. The summed E-state index contributed by atoms with van der Waals surface area (Å²) in [5, 5.41) is 3.37. The van der Waals surface area contributed by atoms with E-state index in [9.17, 15) is 0 Å². The number of hydrogen-bond donors (Lipinski definition) is 2. The first-order chi connectivity index (χ1) is 10.3. The first-order valence-electron chi connectivity index (χ1n) is 7.48. The predicted octanol–water partition coefficient (Wildman–Crippen LogP) is 1.85. The largest absolute Gasteiger partial charge is 0.354 e. The van der Waals surface area contributed by atoms with E-state index >= 15 is 0 Å². The molecule has 1 aromatic carbocycles. The van der Waals surface area contributed by atoms with Gasteiger partial charge in [-0.25, -0.2) is 4.98 Å². The van der Waals surface area contributed by atoms with E-state index < -0.39 is 0 Å². The minimum absolute atomic E-state index is 0.116. The van der Waals surface area contributed by atoms with E-state index in [1.165, 1.54) is 5.56 Å². The molecule has 0 aliphatic carbocycles. The number of aryl methyl sites for hydroxylation is 1. The molecular formula is C17H22N4. The molecule has 4 heteroatoms. The maximum atomic E-state index is 6.35. The zero-order valence-corrected chi connectivity index (χ0v) is 12.4. The van der Waals surface area contributed by atoms with Crippen LogP contribution in [0.2, 0.25) is 0 Å². The monoisotopic (exact) mass is 282 g/mol. The van der Waals surface area contributed by atoms with Crippen LogP contribution in [0.5, 0.6) is 0 Å². The molecule has 0 radical (unpaired) electrons. The average molecular weight is 282 g/mol. The molecule has 2 aromatic rings. The number of benzene rings is 1. The van der Waals surface area contributed by atoms with Gasteiger partial charge in [-0.05, 0) is 29.7 Å². The van der Waals surface area contributed by atoms with Gasteiger partial charge in [0.1, 0.15) is 5.82 Å². The van der Waals surface area contributed by atoms with E-state index in [2.05, 4.69) is 40.3 Å². The van der Waals surface area contributed by atoms with Crippen molar-refractivity contribution in [1.82, 2.24) is 10.3 Å². The number of piperazine rings is 1. The van der Waals surface area contributed by atoms with Gasteiger partial charge < -0.3 is 16.0 Å². The van der Waals surface area contributed by atoms with Crippen LogP contribution in [0.15, 0.2) is 42.6 Å². The Morgan fingerprint density at radius 3 is 2.52 bits per heavy atom. The second-order valence-electron chi connectivity index (χ2n) is 5.53. The van der Waals surface area contributed by atoms with Crippen molar-refractivity contribution in [3.63, 3.8) is 0 Å². The first-order valence-corrected chi connectivity index (χ1v) is 7.48. The van der Waals surface area contributed by atoms with E-state index in [1.54, 1.807) is 0 Å². The zero-order valence-electron chi connectivity index (χ0n) is 12.4. The molecular weight excluding hydrogens is 260 g/mol. The van der Waals surface area contributed by atoms with Crippen LogP contribution >= 0.6 is 0 Å². The van der Waals surface area contributed by atoms with Crippen molar-refractivity contribution in [1.29, 1.82) is 0 Å². The fraction of sp³-hybridized carbons (Fsp3) is 0.353. The van der Waals surface area contributed by atoms with Gasteiger partial charge in [0.05, 0.1) is 6.04 Å². The lowest BCUT2D eigenvalue weighted by Gasteiger charge is -2.30. The minimum atomic E-state index is -0.116. The first kappa shape index (κ1) is 14.0. The van der Waals surface area contributed by atoms with Crippen LogP contribution in [0.4, 0.5) is 5.82 Å². The Bertz CT molecular complexity index is 591. The lowest BCUT2D eigenvalue weighted by atomic mass is 10.00. The highest BCUT2D eigenvalue weighted by molar-refractivity contribution is 5.49. The van der Waals surface area contributed by atoms with Gasteiger partial charge in [-0.2, -0.15) is 0 Å². The molecule has 110 valence electrons. The predicted molar refractivity (Wildman–Crippen MR) is 86.5 cm³/mol. The molecule has 0 unspecified atom stereocenters.